The highest BCUT2D eigenvalue weighted by molar-refractivity contribution is 8.00. The third kappa shape index (κ3) is 1.85. The van der Waals surface area contributed by atoms with Gasteiger partial charge in [0.2, 0.25) is 6.10 Å². The van der Waals surface area contributed by atoms with E-state index in [1.165, 1.54) is 0 Å². The summed E-state index contributed by atoms with van der Waals surface area (Å²) in [7, 11) is 0. The zero-order valence-corrected chi connectivity index (χ0v) is 8.25. The molecule has 2 heterocycles. The van der Waals surface area contributed by atoms with Crippen LogP contribution in [0.25, 0.3) is 0 Å². The highest BCUT2D eigenvalue weighted by atomic mass is 32.2. The van der Waals surface area contributed by atoms with E-state index in [4.69, 9.17) is 9.84 Å². The van der Waals surface area contributed by atoms with E-state index in [9.17, 15) is 9.59 Å². The average molecular weight is 217 g/mol. The van der Waals surface area contributed by atoms with Crippen molar-refractivity contribution in [2.45, 2.75) is 23.0 Å². The number of aliphatic carboxylic acids is 1. The largest absolute Gasteiger partial charge is 0.478 e. The number of ether oxygens (including phenoxy) is 1. The Labute approximate surface area is 85.2 Å². The van der Waals surface area contributed by atoms with E-state index in [1.807, 2.05) is 0 Å². The second kappa shape index (κ2) is 3.78. The third-order valence-electron chi connectivity index (χ3n) is 2.32. The van der Waals surface area contributed by atoms with Crippen LogP contribution in [0.5, 0.6) is 0 Å². The molecule has 6 heteroatoms. The fourth-order valence-corrected chi connectivity index (χ4v) is 2.94. The monoisotopic (exact) mass is 217 g/mol. The molecule has 0 radical (unpaired) electrons. The maximum Gasteiger partial charge on any atom is 0.346 e. The third-order valence-corrected chi connectivity index (χ3v) is 3.80. The fraction of sp³-hybridized carbons (Fsp3) is 0.750. The van der Waals surface area contributed by atoms with Crippen molar-refractivity contribution in [2.75, 3.05) is 13.1 Å². The van der Waals surface area contributed by atoms with Gasteiger partial charge in [-0.1, -0.05) is 0 Å². The number of hydrogen-bond donors (Lipinski definition) is 2. The Morgan fingerprint density at radius 2 is 2.29 bits per heavy atom. The molecule has 2 aliphatic heterocycles. The van der Waals surface area contributed by atoms with Crippen molar-refractivity contribution in [3.8, 4) is 0 Å². The molecule has 78 valence electrons. The lowest BCUT2D eigenvalue weighted by Crippen LogP contribution is -2.46. The van der Waals surface area contributed by atoms with Gasteiger partial charge in [-0.15, -0.1) is 11.8 Å². The molecule has 2 fully saturated rings. The minimum Gasteiger partial charge on any atom is -0.478 e. The second-order valence-electron chi connectivity index (χ2n) is 3.41. The van der Waals surface area contributed by atoms with Crippen molar-refractivity contribution in [1.82, 2.24) is 5.32 Å². The Hall–Kier alpha value is -0.750. The second-order valence-corrected chi connectivity index (χ2v) is 4.95. The zero-order chi connectivity index (χ0) is 10.1. The first kappa shape index (κ1) is 9.79. The lowest BCUT2D eigenvalue weighted by Gasteiger charge is -2.29. The molecule has 2 aliphatic rings. The molecule has 5 nitrogen and oxygen atoms in total. The Kier molecular flexibility index (Phi) is 2.64. The minimum atomic E-state index is -1.04. The predicted molar refractivity (Wildman–Crippen MR) is 50.2 cm³/mol. The summed E-state index contributed by atoms with van der Waals surface area (Å²) in [4.78, 5) is 21.7. The number of thioether (sulfide) groups is 1. The lowest BCUT2D eigenvalue weighted by molar-refractivity contribution is -0.156. The average Bonchev–Trinajstić information content (AvgIpc) is 2.39. The van der Waals surface area contributed by atoms with Gasteiger partial charge >= 0.3 is 11.9 Å². The molecule has 0 saturated carbocycles. The van der Waals surface area contributed by atoms with Gasteiger partial charge in [0.15, 0.2) is 0 Å². The normalized spacial score (nSPS) is 32.4. The van der Waals surface area contributed by atoms with Gasteiger partial charge in [-0.3, -0.25) is 4.79 Å². The maximum atomic E-state index is 10.9. The van der Waals surface area contributed by atoms with E-state index in [0.29, 0.717) is 5.25 Å². The Morgan fingerprint density at radius 3 is 2.79 bits per heavy atom. The Bertz CT molecular complexity index is 266. The lowest BCUT2D eigenvalue weighted by atomic mass is 10.2. The van der Waals surface area contributed by atoms with E-state index in [2.05, 4.69) is 5.32 Å². The van der Waals surface area contributed by atoms with Gasteiger partial charge in [0.05, 0.1) is 11.7 Å². The number of carboxylic acids is 1. The smallest absolute Gasteiger partial charge is 0.346 e. The molecule has 0 amide bonds. The van der Waals surface area contributed by atoms with Crippen LogP contribution in [0.4, 0.5) is 0 Å². The van der Waals surface area contributed by atoms with Crippen LogP contribution in [0.15, 0.2) is 0 Å². The van der Waals surface area contributed by atoms with Crippen molar-refractivity contribution in [3.05, 3.63) is 0 Å². The molecule has 2 N–H and O–H groups in total. The molecule has 2 unspecified atom stereocenters. The topological polar surface area (TPSA) is 75.6 Å². The SMILES string of the molecule is O=C1CC(SC2CNC2)C(C(=O)O)O1. The van der Waals surface area contributed by atoms with Crippen LogP contribution in [-0.4, -0.2) is 46.7 Å². The van der Waals surface area contributed by atoms with E-state index in [-0.39, 0.29) is 11.7 Å². The number of nitrogens with one attached hydrogen (secondary N) is 1. The first-order chi connectivity index (χ1) is 6.66. The molecule has 2 atom stereocenters. The molecule has 0 aliphatic carbocycles. The summed E-state index contributed by atoms with van der Waals surface area (Å²) in [5, 5.41) is 12.1. The first-order valence-corrected chi connectivity index (χ1v) is 5.39. The van der Waals surface area contributed by atoms with Gasteiger partial charge < -0.3 is 15.2 Å². The van der Waals surface area contributed by atoms with Crippen LogP contribution in [0.1, 0.15) is 6.42 Å². The van der Waals surface area contributed by atoms with Crippen LogP contribution >= 0.6 is 11.8 Å². The Morgan fingerprint density at radius 1 is 1.57 bits per heavy atom. The summed E-state index contributed by atoms with van der Waals surface area (Å²) >= 11 is 1.54. The summed E-state index contributed by atoms with van der Waals surface area (Å²) in [5.74, 6) is -1.44. The number of carbonyl (C=O) groups is 2. The number of carbonyl (C=O) groups excluding carboxylic acids is 1. The summed E-state index contributed by atoms with van der Waals surface area (Å²) in [6.45, 7) is 1.78. The van der Waals surface area contributed by atoms with Gasteiger partial charge in [-0.2, -0.15) is 0 Å². The van der Waals surface area contributed by atoms with Crippen molar-refractivity contribution in [3.63, 3.8) is 0 Å². The van der Waals surface area contributed by atoms with Gasteiger partial charge in [-0.25, -0.2) is 4.79 Å². The van der Waals surface area contributed by atoms with E-state index < -0.39 is 18.0 Å². The molecule has 2 rings (SSSR count). The molecule has 0 spiro atoms. The molecule has 2 saturated heterocycles. The molecular weight excluding hydrogens is 206 g/mol. The molecular formula is C8H11NO4S. The van der Waals surface area contributed by atoms with Gasteiger partial charge in [0.25, 0.3) is 0 Å². The maximum absolute atomic E-state index is 10.9. The van der Waals surface area contributed by atoms with Crippen molar-refractivity contribution in [1.29, 1.82) is 0 Å². The number of esters is 1. The van der Waals surface area contributed by atoms with Gasteiger partial charge in [-0.05, 0) is 0 Å². The molecule has 0 aromatic rings. The van der Waals surface area contributed by atoms with Crippen LogP contribution in [0.2, 0.25) is 0 Å². The summed E-state index contributed by atoms with van der Waals surface area (Å²) in [6, 6.07) is 0. The fourth-order valence-electron chi connectivity index (χ4n) is 1.47. The molecule has 0 bridgehead atoms. The molecule has 0 aromatic heterocycles. The number of rotatable bonds is 3. The van der Waals surface area contributed by atoms with E-state index in [0.717, 1.165) is 13.1 Å². The number of cyclic esters (lactones) is 1. The zero-order valence-electron chi connectivity index (χ0n) is 7.43. The van der Waals surface area contributed by atoms with Crippen LogP contribution < -0.4 is 5.32 Å². The van der Waals surface area contributed by atoms with Crippen molar-refractivity contribution >= 4 is 23.7 Å². The van der Waals surface area contributed by atoms with Crippen LogP contribution in [0, 0.1) is 0 Å². The standard InChI is InChI=1S/C8H11NO4S/c10-6-1-5(7(13-6)8(11)12)14-4-2-9-3-4/h4-5,7,9H,1-3H2,(H,11,12). The first-order valence-electron chi connectivity index (χ1n) is 4.45. The van der Waals surface area contributed by atoms with Crippen LogP contribution in [0.3, 0.4) is 0 Å². The summed E-state index contributed by atoms with van der Waals surface area (Å²) in [5.41, 5.74) is 0. The number of hydrogen-bond acceptors (Lipinski definition) is 5. The van der Waals surface area contributed by atoms with E-state index in [1.54, 1.807) is 11.8 Å². The molecule has 14 heavy (non-hydrogen) atoms. The summed E-state index contributed by atoms with van der Waals surface area (Å²) in [6.07, 6.45) is -0.730. The highest BCUT2D eigenvalue weighted by Gasteiger charge is 2.42. The van der Waals surface area contributed by atoms with Gasteiger partial charge in [0, 0.05) is 18.3 Å². The molecule has 0 aromatic carbocycles. The van der Waals surface area contributed by atoms with Crippen molar-refractivity contribution < 1.29 is 19.4 Å². The highest BCUT2D eigenvalue weighted by Crippen LogP contribution is 2.31. The quantitative estimate of drug-likeness (QED) is 0.618. The predicted octanol–water partition coefficient (Wildman–Crippen LogP) is -0.540. The Balaban J connectivity index is 1.93. The van der Waals surface area contributed by atoms with Crippen LogP contribution in [-0.2, 0) is 14.3 Å². The van der Waals surface area contributed by atoms with Gasteiger partial charge in [0.1, 0.15) is 0 Å². The summed E-state index contributed by atoms with van der Waals surface area (Å²) < 4.78 is 4.73. The van der Waals surface area contributed by atoms with E-state index >= 15 is 0 Å². The van der Waals surface area contributed by atoms with Crippen molar-refractivity contribution in [2.24, 2.45) is 0 Å². The minimum absolute atomic E-state index is 0.216. The number of carboxylic acid groups (broad SMARTS) is 1.